The van der Waals surface area contributed by atoms with Gasteiger partial charge in [-0.3, -0.25) is 4.79 Å². The fourth-order valence-electron chi connectivity index (χ4n) is 0.764. The Hall–Kier alpha value is -1.57. The van der Waals surface area contributed by atoms with Gasteiger partial charge in [-0.1, -0.05) is 11.8 Å². The third-order valence-electron chi connectivity index (χ3n) is 1.57. The predicted octanol–water partition coefficient (Wildman–Crippen LogP) is 0.454. The maximum absolute atomic E-state index is 10.7. The van der Waals surface area contributed by atoms with Crippen LogP contribution in [-0.2, 0) is 4.79 Å². The van der Waals surface area contributed by atoms with Crippen LogP contribution in [0.5, 0.6) is 12.0 Å². The van der Waals surface area contributed by atoms with Gasteiger partial charge in [-0.2, -0.15) is 9.97 Å². The molecular formula is C8H11N3O4S. The van der Waals surface area contributed by atoms with E-state index in [0.29, 0.717) is 0 Å². The molecule has 0 bridgehead atoms. The van der Waals surface area contributed by atoms with Gasteiger partial charge >= 0.3 is 18.0 Å². The quantitative estimate of drug-likeness (QED) is 0.747. The van der Waals surface area contributed by atoms with Crippen LogP contribution in [0.3, 0.4) is 0 Å². The van der Waals surface area contributed by atoms with Crippen molar-refractivity contribution in [2.75, 3.05) is 14.2 Å². The highest BCUT2D eigenvalue weighted by molar-refractivity contribution is 8.00. The second-order valence-electron chi connectivity index (χ2n) is 2.69. The van der Waals surface area contributed by atoms with Crippen molar-refractivity contribution in [3.8, 4) is 12.0 Å². The van der Waals surface area contributed by atoms with Gasteiger partial charge in [-0.25, -0.2) is 0 Å². The highest BCUT2D eigenvalue weighted by Crippen LogP contribution is 2.22. The summed E-state index contributed by atoms with van der Waals surface area (Å²) >= 11 is 0.989. The van der Waals surface area contributed by atoms with Crippen LogP contribution in [0.4, 0.5) is 0 Å². The first-order valence-corrected chi connectivity index (χ1v) is 5.18. The monoisotopic (exact) mass is 245 g/mol. The molecule has 0 amide bonds. The van der Waals surface area contributed by atoms with Crippen molar-refractivity contribution in [1.82, 2.24) is 15.0 Å². The Kier molecular flexibility index (Phi) is 4.29. The number of carboxylic acids is 1. The number of hydrogen-bond donors (Lipinski definition) is 1. The molecule has 1 heterocycles. The molecule has 0 aliphatic carbocycles. The molecule has 88 valence electrons. The largest absolute Gasteiger partial charge is 0.480 e. The molecular weight excluding hydrogens is 234 g/mol. The van der Waals surface area contributed by atoms with E-state index in [0.717, 1.165) is 11.8 Å². The van der Waals surface area contributed by atoms with Crippen molar-refractivity contribution in [1.29, 1.82) is 0 Å². The van der Waals surface area contributed by atoms with Crippen molar-refractivity contribution < 1.29 is 19.4 Å². The van der Waals surface area contributed by atoms with Crippen LogP contribution in [-0.4, -0.2) is 45.5 Å². The van der Waals surface area contributed by atoms with Gasteiger partial charge < -0.3 is 14.6 Å². The molecule has 7 nitrogen and oxygen atoms in total. The SMILES string of the molecule is COc1nc(OC)nc(SC(C)C(=O)O)n1. The lowest BCUT2D eigenvalue weighted by Gasteiger charge is -2.06. The van der Waals surface area contributed by atoms with Crippen LogP contribution in [0.15, 0.2) is 5.16 Å². The van der Waals surface area contributed by atoms with Crippen molar-refractivity contribution in [3.63, 3.8) is 0 Å². The molecule has 0 aliphatic heterocycles. The molecule has 1 N–H and O–H groups in total. The molecule has 0 aromatic carbocycles. The zero-order valence-electron chi connectivity index (χ0n) is 9.00. The van der Waals surface area contributed by atoms with Crippen LogP contribution in [0.2, 0.25) is 0 Å². The smallest absolute Gasteiger partial charge is 0.323 e. The lowest BCUT2D eigenvalue weighted by molar-refractivity contribution is -0.136. The minimum absolute atomic E-state index is 0.0898. The summed E-state index contributed by atoms with van der Waals surface area (Å²) in [4.78, 5) is 22.2. The number of hydrogen-bond acceptors (Lipinski definition) is 7. The number of ether oxygens (including phenoxy) is 2. The van der Waals surface area contributed by atoms with E-state index in [9.17, 15) is 4.79 Å². The molecule has 1 rings (SSSR count). The Labute approximate surface area is 96.2 Å². The van der Waals surface area contributed by atoms with Crippen LogP contribution in [0.1, 0.15) is 6.92 Å². The minimum atomic E-state index is -0.941. The van der Waals surface area contributed by atoms with Gasteiger partial charge in [0.1, 0.15) is 5.25 Å². The van der Waals surface area contributed by atoms with Gasteiger partial charge in [0.15, 0.2) is 5.16 Å². The molecule has 1 aromatic rings. The molecule has 0 spiro atoms. The Bertz CT molecular complexity index is 365. The van der Waals surface area contributed by atoms with Gasteiger partial charge in [0, 0.05) is 0 Å². The lowest BCUT2D eigenvalue weighted by atomic mass is 10.5. The molecule has 0 radical (unpaired) electrons. The highest BCUT2D eigenvalue weighted by Gasteiger charge is 2.16. The number of carbonyl (C=O) groups is 1. The number of aromatic nitrogens is 3. The zero-order valence-corrected chi connectivity index (χ0v) is 9.82. The number of nitrogens with zero attached hydrogens (tertiary/aromatic N) is 3. The summed E-state index contributed by atoms with van der Waals surface area (Å²) < 4.78 is 9.67. The Morgan fingerprint density at radius 1 is 1.25 bits per heavy atom. The maximum Gasteiger partial charge on any atom is 0.323 e. The van der Waals surface area contributed by atoms with Gasteiger partial charge in [0.25, 0.3) is 0 Å². The first-order chi connectivity index (χ1) is 7.56. The number of rotatable bonds is 5. The van der Waals surface area contributed by atoms with E-state index in [1.807, 2.05) is 0 Å². The van der Waals surface area contributed by atoms with E-state index in [4.69, 9.17) is 14.6 Å². The fraction of sp³-hybridized carbons (Fsp3) is 0.500. The second kappa shape index (κ2) is 5.50. The number of methoxy groups -OCH3 is 2. The first-order valence-electron chi connectivity index (χ1n) is 4.30. The van der Waals surface area contributed by atoms with E-state index in [2.05, 4.69) is 15.0 Å². The van der Waals surface area contributed by atoms with Gasteiger partial charge in [-0.05, 0) is 6.92 Å². The molecule has 1 atom stereocenters. The first kappa shape index (κ1) is 12.5. The van der Waals surface area contributed by atoms with Gasteiger partial charge in [0.05, 0.1) is 14.2 Å². The second-order valence-corrected chi connectivity index (χ2v) is 4.00. The molecule has 16 heavy (non-hydrogen) atoms. The zero-order chi connectivity index (χ0) is 12.1. The summed E-state index contributed by atoms with van der Waals surface area (Å²) in [6, 6.07) is 0.180. The summed E-state index contributed by atoms with van der Waals surface area (Å²) in [6.45, 7) is 1.54. The van der Waals surface area contributed by atoms with Crippen molar-refractivity contribution >= 4 is 17.7 Å². The summed E-state index contributed by atoms with van der Waals surface area (Å²) in [5.74, 6) is -0.941. The molecule has 1 aromatic heterocycles. The molecule has 1 unspecified atom stereocenters. The molecule has 0 saturated heterocycles. The lowest BCUT2D eigenvalue weighted by Crippen LogP contribution is -2.12. The normalized spacial score (nSPS) is 11.9. The van der Waals surface area contributed by atoms with Crippen LogP contribution >= 0.6 is 11.8 Å². The summed E-state index contributed by atoms with van der Waals surface area (Å²) in [7, 11) is 2.81. The Balaban J connectivity index is 2.90. The third kappa shape index (κ3) is 3.23. The minimum Gasteiger partial charge on any atom is -0.480 e. The summed E-state index contributed by atoms with van der Waals surface area (Å²) in [5, 5.41) is 8.33. The molecule has 0 aliphatic rings. The fourth-order valence-corrected chi connectivity index (χ4v) is 1.44. The van der Waals surface area contributed by atoms with E-state index in [-0.39, 0.29) is 17.2 Å². The van der Waals surface area contributed by atoms with E-state index in [1.54, 1.807) is 0 Å². The Morgan fingerprint density at radius 2 is 1.75 bits per heavy atom. The van der Waals surface area contributed by atoms with Crippen molar-refractivity contribution in [3.05, 3.63) is 0 Å². The number of carboxylic acid groups (broad SMARTS) is 1. The van der Waals surface area contributed by atoms with Crippen molar-refractivity contribution in [2.45, 2.75) is 17.3 Å². The topological polar surface area (TPSA) is 94.4 Å². The van der Waals surface area contributed by atoms with Crippen LogP contribution in [0, 0.1) is 0 Å². The predicted molar refractivity (Wildman–Crippen MR) is 55.9 cm³/mol. The number of thioether (sulfide) groups is 1. The van der Waals surface area contributed by atoms with Crippen molar-refractivity contribution in [2.24, 2.45) is 0 Å². The average Bonchev–Trinajstić information content (AvgIpc) is 2.28. The summed E-state index contributed by atoms with van der Waals surface area (Å²) in [6.07, 6.45) is 0. The highest BCUT2D eigenvalue weighted by atomic mass is 32.2. The van der Waals surface area contributed by atoms with Gasteiger partial charge in [0.2, 0.25) is 0 Å². The summed E-state index contributed by atoms with van der Waals surface area (Å²) in [5.41, 5.74) is 0. The van der Waals surface area contributed by atoms with E-state index >= 15 is 0 Å². The number of aliphatic carboxylic acids is 1. The molecule has 8 heteroatoms. The molecule has 0 fully saturated rings. The standard InChI is InChI=1S/C8H11N3O4S/c1-4(5(12)13)16-8-10-6(14-2)9-7(11-8)15-3/h4H,1-3H3,(H,12,13). The third-order valence-corrected chi connectivity index (χ3v) is 2.52. The Morgan fingerprint density at radius 3 is 2.12 bits per heavy atom. The maximum atomic E-state index is 10.7. The van der Waals surface area contributed by atoms with E-state index < -0.39 is 11.2 Å². The van der Waals surface area contributed by atoms with E-state index in [1.165, 1.54) is 21.1 Å². The average molecular weight is 245 g/mol. The van der Waals surface area contributed by atoms with Gasteiger partial charge in [-0.15, -0.1) is 4.98 Å². The molecule has 0 saturated carbocycles. The van der Waals surface area contributed by atoms with Crippen LogP contribution in [0.25, 0.3) is 0 Å². The van der Waals surface area contributed by atoms with Crippen LogP contribution < -0.4 is 9.47 Å².